The SMILES string of the molecule is COCC(NC(=O)COc1ccc(I)cc1)C(=O)O. The molecule has 0 saturated heterocycles. The maximum Gasteiger partial charge on any atom is 0.328 e. The number of rotatable bonds is 7. The Bertz CT molecular complexity index is 434. The highest BCUT2D eigenvalue weighted by Gasteiger charge is 2.19. The third-order valence-corrected chi connectivity index (χ3v) is 2.87. The molecule has 0 saturated carbocycles. The van der Waals surface area contributed by atoms with E-state index in [9.17, 15) is 9.59 Å². The van der Waals surface area contributed by atoms with Crippen molar-refractivity contribution in [2.75, 3.05) is 20.3 Å². The van der Waals surface area contributed by atoms with Crippen LogP contribution in [0.15, 0.2) is 24.3 Å². The molecule has 1 aromatic carbocycles. The number of carboxylic acids is 1. The number of nitrogens with one attached hydrogen (secondary N) is 1. The number of halogens is 1. The second-order valence-electron chi connectivity index (χ2n) is 3.66. The van der Waals surface area contributed by atoms with E-state index in [0.717, 1.165) is 3.57 Å². The van der Waals surface area contributed by atoms with Gasteiger partial charge in [0.15, 0.2) is 12.6 Å². The first kappa shape index (κ1) is 15.7. The zero-order chi connectivity index (χ0) is 14.3. The Morgan fingerprint density at radius 3 is 2.53 bits per heavy atom. The van der Waals surface area contributed by atoms with Crippen LogP contribution >= 0.6 is 22.6 Å². The van der Waals surface area contributed by atoms with Crippen molar-refractivity contribution < 1.29 is 24.2 Å². The quantitative estimate of drug-likeness (QED) is 0.688. The van der Waals surface area contributed by atoms with Crippen LogP contribution < -0.4 is 10.1 Å². The number of hydrogen-bond donors (Lipinski definition) is 2. The molecule has 0 bridgehead atoms. The Morgan fingerprint density at radius 2 is 2.00 bits per heavy atom. The normalized spacial score (nSPS) is 11.7. The van der Waals surface area contributed by atoms with Gasteiger partial charge in [0.2, 0.25) is 0 Å². The van der Waals surface area contributed by atoms with E-state index >= 15 is 0 Å². The number of ether oxygens (including phenoxy) is 2. The summed E-state index contributed by atoms with van der Waals surface area (Å²) in [6.07, 6.45) is 0. The van der Waals surface area contributed by atoms with E-state index in [4.69, 9.17) is 14.6 Å². The maximum atomic E-state index is 11.5. The summed E-state index contributed by atoms with van der Waals surface area (Å²) in [6, 6.07) is 6.09. The Labute approximate surface area is 124 Å². The topological polar surface area (TPSA) is 84.9 Å². The Hall–Kier alpha value is -1.35. The second-order valence-corrected chi connectivity index (χ2v) is 4.90. The molecule has 0 spiro atoms. The lowest BCUT2D eigenvalue weighted by Crippen LogP contribution is -2.45. The number of aliphatic carboxylic acids is 1. The van der Waals surface area contributed by atoms with E-state index in [0.29, 0.717) is 5.75 Å². The Kier molecular flexibility index (Phi) is 6.57. The summed E-state index contributed by atoms with van der Waals surface area (Å²) in [5.74, 6) is -1.11. The molecule has 0 fully saturated rings. The summed E-state index contributed by atoms with van der Waals surface area (Å²) in [7, 11) is 1.37. The molecule has 7 heteroatoms. The first-order chi connectivity index (χ1) is 9.02. The Balaban J connectivity index is 2.42. The van der Waals surface area contributed by atoms with Gasteiger partial charge in [0.25, 0.3) is 5.91 Å². The van der Waals surface area contributed by atoms with Crippen LogP contribution in [0, 0.1) is 3.57 Å². The summed E-state index contributed by atoms with van der Waals surface area (Å²) in [4.78, 5) is 22.3. The summed E-state index contributed by atoms with van der Waals surface area (Å²) < 4.78 is 11.0. The van der Waals surface area contributed by atoms with E-state index in [2.05, 4.69) is 27.9 Å². The molecule has 2 N–H and O–H groups in total. The lowest BCUT2D eigenvalue weighted by Gasteiger charge is -2.13. The van der Waals surface area contributed by atoms with Crippen LogP contribution in [0.2, 0.25) is 0 Å². The molecule has 0 radical (unpaired) electrons. The van der Waals surface area contributed by atoms with Gasteiger partial charge < -0.3 is 19.9 Å². The molecule has 1 rings (SSSR count). The number of carbonyl (C=O) groups excluding carboxylic acids is 1. The zero-order valence-corrected chi connectivity index (χ0v) is 12.4. The third kappa shape index (κ3) is 5.88. The molecule has 19 heavy (non-hydrogen) atoms. The summed E-state index contributed by atoms with van der Waals surface area (Å²) in [6.45, 7) is -0.335. The summed E-state index contributed by atoms with van der Waals surface area (Å²) >= 11 is 2.16. The van der Waals surface area contributed by atoms with Crippen molar-refractivity contribution in [2.45, 2.75) is 6.04 Å². The molecular weight excluding hydrogens is 365 g/mol. The molecule has 1 amide bonds. The van der Waals surface area contributed by atoms with Crippen LogP contribution in [0.25, 0.3) is 0 Å². The minimum Gasteiger partial charge on any atom is -0.484 e. The fraction of sp³-hybridized carbons (Fsp3) is 0.333. The van der Waals surface area contributed by atoms with Gasteiger partial charge in [-0.25, -0.2) is 4.79 Å². The minimum absolute atomic E-state index is 0.0927. The predicted octanol–water partition coefficient (Wildman–Crippen LogP) is 0.886. The van der Waals surface area contributed by atoms with E-state index in [-0.39, 0.29) is 13.2 Å². The van der Waals surface area contributed by atoms with Crippen molar-refractivity contribution in [1.29, 1.82) is 0 Å². The first-order valence-corrected chi connectivity index (χ1v) is 6.50. The van der Waals surface area contributed by atoms with Crippen LogP contribution in [-0.2, 0) is 14.3 Å². The van der Waals surface area contributed by atoms with E-state index in [1.165, 1.54) is 7.11 Å². The summed E-state index contributed by atoms with van der Waals surface area (Å²) in [5.41, 5.74) is 0. The van der Waals surface area contributed by atoms with Gasteiger partial charge in [-0.05, 0) is 46.9 Å². The van der Waals surface area contributed by atoms with Crippen LogP contribution in [0.1, 0.15) is 0 Å². The average molecular weight is 379 g/mol. The van der Waals surface area contributed by atoms with Crippen molar-refractivity contribution in [3.05, 3.63) is 27.8 Å². The van der Waals surface area contributed by atoms with Crippen molar-refractivity contribution in [3.63, 3.8) is 0 Å². The lowest BCUT2D eigenvalue weighted by molar-refractivity contribution is -0.143. The number of methoxy groups -OCH3 is 1. The van der Waals surface area contributed by atoms with Gasteiger partial charge in [-0.2, -0.15) is 0 Å². The molecule has 0 aromatic heterocycles. The minimum atomic E-state index is -1.15. The van der Waals surface area contributed by atoms with Crippen molar-refractivity contribution in [2.24, 2.45) is 0 Å². The van der Waals surface area contributed by atoms with E-state index in [1.807, 2.05) is 12.1 Å². The highest BCUT2D eigenvalue weighted by atomic mass is 127. The smallest absolute Gasteiger partial charge is 0.328 e. The fourth-order valence-corrected chi connectivity index (χ4v) is 1.62. The average Bonchev–Trinajstić information content (AvgIpc) is 2.37. The lowest BCUT2D eigenvalue weighted by atomic mass is 10.3. The number of carboxylic acid groups (broad SMARTS) is 1. The van der Waals surface area contributed by atoms with Crippen molar-refractivity contribution in [1.82, 2.24) is 5.32 Å². The monoisotopic (exact) mass is 379 g/mol. The van der Waals surface area contributed by atoms with Crippen LogP contribution in [0.3, 0.4) is 0 Å². The van der Waals surface area contributed by atoms with E-state index in [1.54, 1.807) is 12.1 Å². The van der Waals surface area contributed by atoms with Crippen molar-refractivity contribution >= 4 is 34.5 Å². The molecule has 6 nitrogen and oxygen atoms in total. The fourth-order valence-electron chi connectivity index (χ4n) is 1.26. The van der Waals surface area contributed by atoms with E-state index < -0.39 is 17.9 Å². The maximum absolute atomic E-state index is 11.5. The van der Waals surface area contributed by atoms with Gasteiger partial charge in [0, 0.05) is 10.7 Å². The van der Waals surface area contributed by atoms with Crippen LogP contribution in [0.5, 0.6) is 5.75 Å². The molecule has 104 valence electrons. The molecule has 1 atom stereocenters. The first-order valence-electron chi connectivity index (χ1n) is 5.42. The number of carbonyl (C=O) groups is 2. The standard InChI is InChI=1S/C12H14INO5/c1-18-6-10(12(16)17)14-11(15)7-19-9-4-2-8(13)3-5-9/h2-5,10H,6-7H2,1H3,(H,14,15)(H,16,17). The highest BCUT2D eigenvalue weighted by molar-refractivity contribution is 14.1. The summed E-state index contributed by atoms with van der Waals surface area (Å²) in [5, 5.41) is 11.1. The van der Waals surface area contributed by atoms with Gasteiger partial charge >= 0.3 is 5.97 Å². The highest BCUT2D eigenvalue weighted by Crippen LogP contribution is 2.13. The Morgan fingerprint density at radius 1 is 1.37 bits per heavy atom. The molecule has 0 heterocycles. The van der Waals surface area contributed by atoms with Gasteiger partial charge in [-0.15, -0.1) is 0 Å². The van der Waals surface area contributed by atoms with Crippen LogP contribution in [-0.4, -0.2) is 43.3 Å². The van der Waals surface area contributed by atoms with Gasteiger partial charge in [0.1, 0.15) is 5.75 Å². The molecular formula is C12H14INO5. The molecule has 0 aliphatic rings. The molecule has 0 aliphatic carbocycles. The van der Waals surface area contributed by atoms with Gasteiger partial charge in [0.05, 0.1) is 6.61 Å². The number of amides is 1. The third-order valence-electron chi connectivity index (χ3n) is 2.15. The zero-order valence-electron chi connectivity index (χ0n) is 10.3. The van der Waals surface area contributed by atoms with Gasteiger partial charge in [-0.3, -0.25) is 4.79 Å². The van der Waals surface area contributed by atoms with Crippen LogP contribution in [0.4, 0.5) is 0 Å². The van der Waals surface area contributed by atoms with Crippen molar-refractivity contribution in [3.8, 4) is 5.75 Å². The number of benzene rings is 1. The largest absolute Gasteiger partial charge is 0.484 e. The number of hydrogen-bond acceptors (Lipinski definition) is 4. The van der Waals surface area contributed by atoms with Gasteiger partial charge in [-0.1, -0.05) is 0 Å². The predicted molar refractivity (Wildman–Crippen MR) is 76.1 cm³/mol. The molecule has 1 aromatic rings. The molecule has 0 aliphatic heterocycles. The second kappa shape index (κ2) is 7.95. The molecule has 1 unspecified atom stereocenters.